The second-order valence-corrected chi connectivity index (χ2v) is 3.06. The summed E-state index contributed by atoms with van der Waals surface area (Å²) in [5, 5.41) is 8.51. The Morgan fingerprint density at radius 3 is 2.60 bits per heavy atom. The van der Waals surface area contributed by atoms with Gasteiger partial charge < -0.3 is 5.11 Å². The van der Waals surface area contributed by atoms with Gasteiger partial charge in [0.15, 0.2) is 0 Å². The van der Waals surface area contributed by atoms with Crippen LogP contribution in [-0.4, -0.2) is 11.1 Å². The van der Waals surface area contributed by atoms with E-state index in [2.05, 4.69) is 22.6 Å². The molecule has 0 radical (unpaired) electrons. The van der Waals surface area contributed by atoms with Crippen molar-refractivity contribution in [3.8, 4) is 0 Å². The molecule has 0 aromatic heterocycles. The van der Waals surface area contributed by atoms with Crippen LogP contribution in [-0.2, 0) is 0 Å². The summed E-state index contributed by atoms with van der Waals surface area (Å²) in [6, 6.07) is 6.78. The zero-order valence-corrected chi connectivity index (χ0v) is 7.20. The molecule has 52 valence electrons. The van der Waals surface area contributed by atoms with Crippen molar-refractivity contribution in [3.05, 3.63) is 33.4 Å². The second-order valence-electron chi connectivity index (χ2n) is 1.82. The maximum absolute atomic E-state index is 10.3. The predicted octanol–water partition coefficient (Wildman–Crippen LogP) is 1.99. The van der Waals surface area contributed by atoms with Crippen LogP contribution in [0.2, 0.25) is 0 Å². The van der Waals surface area contributed by atoms with Gasteiger partial charge in [-0.15, -0.1) is 0 Å². The van der Waals surface area contributed by atoms with Crippen LogP contribution < -0.4 is 0 Å². The lowest BCUT2D eigenvalue weighted by Crippen LogP contribution is -1.95. The zero-order valence-electron chi connectivity index (χ0n) is 5.04. The number of carboxylic acids is 1. The summed E-state index contributed by atoms with van der Waals surface area (Å²) < 4.78 is 0.942. The van der Waals surface area contributed by atoms with E-state index >= 15 is 0 Å². The molecule has 0 spiro atoms. The van der Waals surface area contributed by atoms with Crippen molar-refractivity contribution in [1.29, 1.82) is 0 Å². The molecule has 1 aromatic rings. The summed E-state index contributed by atoms with van der Waals surface area (Å²) in [6.07, 6.45) is 0. The topological polar surface area (TPSA) is 37.3 Å². The SMILES string of the molecule is O=C(O)c1cccc([113I])c1. The average Bonchev–Trinajstić information content (AvgIpc) is 1.88. The van der Waals surface area contributed by atoms with E-state index in [9.17, 15) is 4.79 Å². The van der Waals surface area contributed by atoms with E-state index in [0.717, 1.165) is 3.57 Å². The Morgan fingerprint density at radius 2 is 2.20 bits per heavy atom. The molecule has 0 saturated carbocycles. The molecule has 0 bridgehead atoms. The van der Waals surface area contributed by atoms with E-state index in [1.54, 1.807) is 18.2 Å². The first-order valence-electron chi connectivity index (χ1n) is 2.69. The molecule has 1 rings (SSSR count). The highest BCUT2D eigenvalue weighted by molar-refractivity contribution is 14.1. The number of hydrogen-bond donors (Lipinski definition) is 1. The van der Waals surface area contributed by atoms with Crippen LogP contribution in [0.25, 0.3) is 0 Å². The van der Waals surface area contributed by atoms with Crippen LogP contribution in [0.5, 0.6) is 0 Å². The van der Waals surface area contributed by atoms with Gasteiger partial charge in [-0.05, 0) is 40.8 Å². The number of rotatable bonds is 1. The molecule has 0 atom stereocenters. The largest absolute Gasteiger partial charge is 0.478 e. The third-order valence-corrected chi connectivity index (χ3v) is 1.74. The third-order valence-electron chi connectivity index (χ3n) is 1.07. The highest BCUT2D eigenvalue weighted by Crippen LogP contribution is 2.06. The number of halogens is 1. The molecule has 3 heteroatoms. The molecule has 0 unspecified atom stereocenters. The van der Waals surface area contributed by atoms with Gasteiger partial charge in [-0.3, -0.25) is 0 Å². The molecule has 0 fully saturated rings. The van der Waals surface area contributed by atoms with Crippen LogP contribution in [0.4, 0.5) is 0 Å². The van der Waals surface area contributed by atoms with Crippen molar-refractivity contribution in [1.82, 2.24) is 0 Å². The minimum atomic E-state index is -0.876. The molecule has 0 heterocycles. The van der Waals surface area contributed by atoms with Crippen molar-refractivity contribution < 1.29 is 9.90 Å². The molecule has 0 aliphatic rings. The van der Waals surface area contributed by atoms with Crippen molar-refractivity contribution in [2.24, 2.45) is 0 Å². The fourth-order valence-electron chi connectivity index (χ4n) is 0.622. The van der Waals surface area contributed by atoms with Crippen molar-refractivity contribution in [2.75, 3.05) is 0 Å². The first-order chi connectivity index (χ1) is 4.70. The van der Waals surface area contributed by atoms with E-state index < -0.39 is 5.97 Å². The van der Waals surface area contributed by atoms with E-state index in [0.29, 0.717) is 5.56 Å². The quantitative estimate of drug-likeness (QED) is 0.754. The minimum Gasteiger partial charge on any atom is -0.478 e. The highest BCUT2D eigenvalue weighted by Gasteiger charge is 1.99. The molecule has 0 aliphatic heterocycles. The Kier molecular flexibility index (Phi) is 2.26. The van der Waals surface area contributed by atoms with Gasteiger partial charge in [0.1, 0.15) is 0 Å². The van der Waals surface area contributed by atoms with Gasteiger partial charge in [-0.25, -0.2) is 4.79 Å². The molecule has 1 N–H and O–H groups in total. The summed E-state index contributed by atoms with van der Waals surface area (Å²) in [7, 11) is 0. The second kappa shape index (κ2) is 3.01. The minimum absolute atomic E-state index is 0.340. The monoisotopic (exact) mass is 234 g/mol. The van der Waals surface area contributed by atoms with Crippen LogP contribution in [0.3, 0.4) is 0 Å². The summed E-state index contributed by atoms with van der Waals surface area (Å²) in [5.74, 6) is -0.876. The normalized spacial score (nSPS) is 9.30. The maximum Gasteiger partial charge on any atom is 0.335 e. The van der Waals surface area contributed by atoms with E-state index in [1.807, 2.05) is 6.07 Å². The number of carbonyl (C=O) groups is 1. The van der Waals surface area contributed by atoms with Gasteiger partial charge in [0, 0.05) is 3.57 Å². The third kappa shape index (κ3) is 1.70. The standard InChI is InChI=1S/C7H5IO2/c8-6-3-1-2-5(4-6)7(9)10/h1-4H,(H,9,10)/i8-14. The summed E-state index contributed by atoms with van der Waals surface area (Å²) in [6.45, 7) is 0. The number of carboxylic acid groups (broad SMARTS) is 1. The predicted molar refractivity (Wildman–Crippen MR) is 46.1 cm³/mol. The van der Waals surface area contributed by atoms with Gasteiger partial charge in [-0.1, -0.05) is 6.07 Å². The Bertz CT molecular complexity index is 258. The Balaban J connectivity index is 3.07. The lowest BCUT2D eigenvalue weighted by Gasteiger charge is -1.92. The molecule has 0 amide bonds. The molecule has 10 heavy (non-hydrogen) atoms. The Morgan fingerprint density at radius 1 is 1.50 bits per heavy atom. The van der Waals surface area contributed by atoms with Gasteiger partial charge >= 0.3 is 5.97 Å². The average molecular weight is 234 g/mol. The van der Waals surface area contributed by atoms with Crippen molar-refractivity contribution >= 4 is 28.6 Å². The lowest BCUT2D eigenvalue weighted by molar-refractivity contribution is 0.0697. The van der Waals surface area contributed by atoms with Crippen molar-refractivity contribution in [2.45, 2.75) is 0 Å². The summed E-state index contributed by atoms with van der Waals surface area (Å²) in [4.78, 5) is 10.3. The number of aromatic carboxylic acids is 1. The van der Waals surface area contributed by atoms with Gasteiger partial charge in [0.2, 0.25) is 0 Å². The Labute approximate surface area is 72.0 Å². The van der Waals surface area contributed by atoms with Gasteiger partial charge in [0.25, 0.3) is 0 Å². The van der Waals surface area contributed by atoms with Crippen LogP contribution in [0.1, 0.15) is 10.4 Å². The molecule has 0 aliphatic carbocycles. The van der Waals surface area contributed by atoms with Crippen LogP contribution in [0, 0.1) is 3.57 Å². The first-order valence-corrected chi connectivity index (χ1v) is 3.77. The van der Waals surface area contributed by atoms with Crippen molar-refractivity contribution in [3.63, 3.8) is 0 Å². The van der Waals surface area contributed by atoms with Crippen LogP contribution >= 0.6 is 22.6 Å². The summed E-state index contributed by atoms with van der Waals surface area (Å²) >= 11 is 2.08. The molecule has 1 aromatic carbocycles. The molecule has 0 saturated heterocycles. The fraction of sp³-hybridized carbons (Fsp3) is 0. The lowest BCUT2D eigenvalue weighted by atomic mass is 10.2. The van der Waals surface area contributed by atoms with E-state index in [1.165, 1.54) is 0 Å². The zero-order chi connectivity index (χ0) is 7.56. The van der Waals surface area contributed by atoms with Crippen LogP contribution in [0.15, 0.2) is 24.3 Å². The smallest absolute Gasteiger partial charge is 0.335 e. The number of hydrogen-bond acceptors (Lipinski definition) is 1. The molecule has 2 nitrogen and oxygen atoms in total. The first kappa shape index (κ1) is 7.53. The van der Waals surface area contributed by atoms with E-state index in [4.69, 9.17) is 5.11 Å². The number of benzene rings is 1. The highest BCUT2D eigenvalue weighted by atomic mass is 113. The van der Waals surface area contributed by atoms with Gasteiger partial charge in [0.05, 0.1) is 5.56 Å². The van der Waals surface area contributed by atoms with E-state index in [-0.39, 0.29) is 0 Å². The fourth-order valence-corrected chi connectivity index (χ4v) is 1.16. The van der Waals surface area contributed by atoms with Gasteiger partial charge in [-0.2, -0.15) is 0 Å². The molecular weight excluding hydrogens is 229 g/mol. The maximum atomic E-state index is 10.3. The summed E-state index contributed by atoms with van der Waals surface area (Å²) in [5.41, 5.74) is 0.340. The Hall–Kier alpha value is -0.580. The molecular formula is C7H5IO2.